The largest absolute Gasteiger partial charge is 0.468 e. The second-order valence-electron chi connectivity index (χ2n) is 4.31. The fourth-order valence-corrected chi connectivity index (χ4v) is 2.17. The number of hydrogen-bond donors (Lipinski definition) is 1. The van der Waals surface area contributed by atoms with E-state index in [0.29, 0.717) is 23.3 Å². The summed E-state index contributed by atoms with van der Waals surface area (Å²) in [5.74, 6) is 0.0177. The van der Waals surface area contributed by atoms with Gasteiger partial charge in [-0.2, -0.15) is 0 Å². The maximum absolute atomic E-state index is 11.8. The number of Topliss-reactive ketones (excluding diaryl/α,β-unsaturated/α-hetero) is 1. The lowest BCUT2D eigenvalue weighted by Crippen LogP contribution is -2.26. The summed E-state index contributed by atoms with van der Waals surface area (Å²) < 4.78 is 10.0. The molecule has 2 rings (SSSR count). The number of carbonyl (C=O) groups excluding carboxylic acids is 2. The van der Waals surface area contributed by atoms with E-state index in [4.69, 9.17) is 9.15 Å². The lowest BCUT2D eigenvalue weighted by Gasteiger charge is -2.12. The second-order valence-corrected chi connectivity index (χ2v) is 4.31. The Morgan fingerprint density at radius 2 is 2.33 bits per heavy atom. The molecule has 1 aliphatic rings. The van der Waals surface area contributed by atoms with Gasteiger partial charge in [0.15, 0.2) is 11.9 Å². The van der Waals surface area contributed by atoms with Crippen LogP contribution in [0, 0.1) is 0 Å². The van der Waals surface area contributed by atoms with E-state index in [-0.39, 0.29) is 18.8 Å². The van der Waals surface area contributed by atoms with Crippen LogP contribution in [-0.4, -0.2) is 29.6 Å². The maximum Gasteiger partial charge on any atom is 0.335 e. The fraction of sp³-hybridized carbons (Fsp3) is 0.538. The normalized spacial score (nSPS) is 16.2. The molecule has 0 aromatic carbocycles. The van der Waals surface area contributed by atoms with Gasteiger partial charge >= 0.3 is 5.97 Å². The zero-order valence-corrected chi connectivity index (χ0v) is 10.3. The molecule has 1 N–H and O–H groups in total. The molecule has 1 atom stereocenters. The maximum atomic E-state index is 11.8. The summed E-state index contributed by atoms with van der Waals surface area (Å²) in [6.45, 7) is 1.90. The van der Waals surface area contributed by atoms with Gasteiger partial charge in [0.05, 0.1) is 18.4 Å². The smallest absolute Gasteiger partial charge is 0.335 e. The summed E-state index contributed by atoms with van der Waals surface area (Å²) in [7, 11) is 0. The van der Waals surface area contributed by atoms with E-state index in [1.54, 1.807) is 6.92 Å². The highest BCUT2D eigenvalue weighted by atomic mass is 16.5. The molecule has 0 radical (unpaired) electrons. The molecule has 5 heteroatoms. The summed E-state index contributed by atoms with van der Waals surface area (Å²) in [6, 6.07) is 0. The quantitative estimate of drug-likeness (QED) is 0.816. The van der Waals surface area contributed by atoms with E-state index in [0.717, 1.165) is 12.8 Å². The first-order valence-corrected chi connectivity index (χ1v) is 6.10. The molecule has 0 bridgehead atoms. The minimum atomic E-state index is -1.25. The summed E-state index contributed by atoms with van der Waals surface area (Å²) >= 11 is 0. The molecule has 0 amide bonds. The lowest BCUT2D eigenvalue weighted by atomic mass is 9.92. The molecular formula is C13H16O5. The van der Waals surface area contributed by atoms with Crippen molar-refractivity contribution in [2.45, 2.75) is 38.7 Å². The van der Waals surface area contributed by atoms with E-state index in [1.165, 1.54) is 6.26 Å². The van der Waals surface area contributed by atoms with Gasteiger partial charge in [-0.05, 0) is 13.3 Å². The van der Waals surface area contributed by atoms with Crippen molar-refractivity contribution in [1.29, 1.82) is 0 Å². The monoisotopic (exact) mass is 252 g/mol. The molecule has 1 aromatic rings. The highest BCUT2D eigenvalue weighted by Crippen LogP contribution is 2.27. The van der Waals surface area contributed by atoms with Crippen LogP contribution >= 0.6 is 0 Å². The second kappa shape index (κ2) is 5.35. The molecule has 0 saturated carbocycles. The van der Waals surface area contributed by atoms with Gasteiger partial charge in [-0.25, -0.2) is 4.79 Å². The van der Waals surface area contributed by atoms with Gasteiger partial charge in [-0.1, -0.05) is 0 Å². The number of carbonyl (C=O) groups is 2. The van der Waals surface area contributed by atoms with Crippen molar-refractivity contribution < 1.29 is 23.8 Å². The van der Waals surface area contributed by atoms with Crippen LogP contribution in [0.3, 0.4) is 0 Å². The van der Waals surface area contributed by atoms with E-state index < -0.39 is 12.1 Å². The Hall–Kier alpha value is -1.62. The number of ether oxygens (including phenoxy) is 1. The predicted octanol–water partition coefficient (Wildman–Crippen LogP) is 1.27. The summed E-state index contributed by atoms with van der Waals surface area (Å²) in [6.07, 6.45) is 2.28. The third-order valence-electron chi connectivity index (χ3n) is 3.00. The van der Waals surface area contributed by atoms with Gasteiger partial charge in [-0.15, -0.1) is 0 Å². The van der Waals surface area contributed by atoms with Crippen LogP contribution in [0.15, 0.2) is 10.7 Å². The van der Waals surface area contributed by atoms with Crippen molar-refractivity contribution in [1.82, 2.24) is 0 Å². The molecule has 5 nitrogen and oxygen atoms in total. The minimum absolute atomic E-state index is 0.0241. The topological polar surface area (TPSA) is 76.7 Å². The molecule has 18 heavy (non-hydrogen) atoms. The molecule has 1 unspecified atom stereocenters. The Bertz CT molecular complexity index is 460. The molecule has 0 aliphatic heterocycles. The van der Waals surface area contributed by atoms with Gasteiger partial charge < -0.3 is 14.3 Å². The number of esters is 1. The number of rotatable bonds is 4. The molecule has 0 spiro atoms. The van der Waals surface area contributed by atoms with Crippen LogP contribution in [-0.2, 0) is 22.4 Å². The van der Waals surface area contributed by atoms with Crippen molar-refractivity contribution in [2.24, 2.45) is 0 Å². The van der Waals surface area contributed by atoms with Crippen molar-refractivity contribution >= 4 is 11.8 Å². The average molecular weight is 252 g/mol. The third kappa shape index (κ3) is 2.46. The Balaban J connectivity index is 2.13. The zero-order chi connectivity index (χ0) is 13.1. The number of hydrogen-bond acceptors (Lipinski definition) is 5. The Morgan fingerprint density at radius 3 is 3.06 bits per heavy atom. The first kappa shape index (κ1) is 12.8. The molecule has 0 fully saturated rings. The summed E-state index contributed by atoms with van der Waals surface area (Å²) in [4.78, 5) is 23.1. The van der Waals surface area contributed by atoms with Gasteiger partial charge in [0, 0.05) is 24.8 Å². The Morgan fingerprint density at radius 1 is 1.56 bits per heavy atom. The SMILES string of the molecule is CCOC(=O)C(O)Cc1coc2c1C(=O)CCC2. The van der Waals surface area contributed by atoms with Crippen LogP contribution in [0.5, 0.6) is 0 Å². The predicted molar refractivity (Wildman–Crippen MR) is 62.3 cm³/mol. The number of fused-ring (bicyclic) bond motifs is 1. The fourth-order valence-electron chi connectivity index (χ4n) is 2.17. The Kier molecular flexibility index (Phi) is 3.81. The van der Waals surface area contributed by atoms with Gasteiger partial charge in [0.2, 0.25) is 0 Å². The zero-order valence-electron chi connectivity index (χ0n) is 10.3. The third-order valence-corrected chi connectivity index (χ3v) is 3.00. The number of aryl methyl sites for hydroxylation is 1. The van der Waals surface area contributed by atoms with Crippen molar-refractivity contribution in [3.8, 4) is 0 Å². The van der Waals surface area contributed by atoms with Gasteiger partial charge in [-0.3, -0.25) is 4.79 Å². The number of furan rings is 1. The number of aliphatic hydroxyl groups excluding tert-OH is 1. The molecule has 0 saturated heterocycles. The minimum Gasteiger partial charge on any atom is -0.468 e. The van der Waals surface area contributed by atoms with Gasteiger partial charge in [0.1, 0.15) is 5.76 Å². The van der Waals surface area contributed by atoms with Crippen molar-refractivity contribution in [3.63, 3.8) is 0 Å². The van der Waals surface area contributed by atoms with E-state index in [2.05, 4.69) is 0 Å². The van der Waals surface area contributed by atoms with Crippen molar-refractivity contribution in [2.75, 3.05) is 6.61 Å². The van der Waals surface area contributed by atoms with E-state index in [9.17, 15) is 14.7 Å². The lowest BCUT2D eigenvalue weighted by molar-refractivity contribution is -0.152. The summed E-state index contributed by atoms with van der Waals surface area (Å²) in [5, 5.41) is 9.68. The average Bonchev–Trinajstić information content (AvgIpc) is 2.74. The number of ketones is 1. The number of aliphatic hydroxyl groups is 1. The first-order chi connectivity index (χ1) is 8.63. The van der Waals surface area contributed by atoms with Crippen LogP contribution < -0.4 is 0 Å². The summed E-state index contributed by atoms with van der Waals surface area (Å²) in [5.41, 5.74) is 1.14. The molecular weight excluding hydrogens is 236 g/mol. The van der Waals surface area contributed by atoms with Crippen LogP contribution in [0.25, 0.3) is 0 Å². The van der Waals surface area contributed by atoms with Crippen LogP contribution in [0.4, 0.5) is 0 Å². The highest BCUT2D eigenvalue weighted by Gasteiger charge is 2.27. The molecule has 1 aliphatic carbocycles. The van der Waals surface area contributed by atoms with Crippen LogP contribution in [0.1, 0.15) is 41.4 Å². The Labute approximate surface area is 105 Å². The highest BCUT2D eigenvalue weighted by molar-refractivity contribution is 5.99. The van der Waals surface area contributed by atoms with Gasteiger partial charge in [0.25, 0.3) is 0 Å². The molecule has 1 aromatic heterocycles. The first-order valence-electron chi connectivity index (χ1n) is 6.10. The molecule has 1 heterocycles. The standard InChI is InChI=1S/C13H16O5/c1-2-17-13(16)10(15)6-8-7-18-11-5-3-4-9(14)12(8)11/h7,10,15H,2-6H2,1H3. The van der Waals surface area contributed by atoms with E-state index >= 15 is 0 Å². The van der Waals surface area contributed by atoms with Crippen molar-refractivity contribution in [3.05, 3.63) is 23.2 Å². The molecule has 98 valence electrons. The van der Waals surface area contributed by atoms with Crippen LogP contribution in [0.2, 0.25) is 0 Å². The van der Waals surface area contributed by atoms with E-state index in [1.807, 2.05) is 0 Å².